The molecule has 3 heteroatoms. The molecule has 19 heavy (non-hydrogen) atoms. The Hall–Kier alpha value is -1.48. The summed E-state index contributed by atoms with van der Waals surface area (Å²) in [5, 5.41) is 10.1. The van der Waals surface area contributed by atoms with Crippen molar-refractivity contribution in [3.05, 3.63) is 35.5 Å². The topological polar surface area (TPSA) is 54.4 Å². The zero-order chi connectivity index (χ0) is 13.7. The van der Waals surface area contributed by atoms with Crippen LogP contribution in [0.1, 0.15) is 20.3 Å². The van der Waals surface area contributed by atoms with Crippen molar-refractivity contribution >= 4 is 11.6 Å². The highest BCUT2D eigenvalue weighted by Crippen LogP contribution is 2.46. The highest BCUT2D eigenvalue weighted by molar-refractivity contribution is 6.04. The van der Waals surface area contributed by atoms with E-state index in [1.807, 2.05) is 26.0 Å². The van der Waals surface area contributed by atoms with Gasteiger partial charge in [0, 0.05) is 17.8 Å². The van der Waals surface area contributed by atoms with Gasteiger partial charge in [-0.2, -0.15) is 0 Å². The lowest BCUT2D eigenvalue weighted by Crippen LogP contribution is -2.48. The van der Waals surface area contributed by atoms with Gasteiger partial charge in [0.2, 0.25) is 0 Å². The molecule has 0 amide bonds. The summed E-state index contributed by atoms with van der Waals surface area (Å²) in [5.41, 5.74) is 1.89. The van der Waals surface area contributed by atoms with Crippen LogP contribution < -0.4 is 0 Å². The maximum Gasteiger partial charge on any atom is 0.162 e. The molecular weight excluding hydrogens is 240 g/mol. The van der Waals surface area contributed by atoms with E-state index in [-0.39, 0.29) is 35.2 Å². The quantitative estimate of drug-likeness (QED) is 0.674. The minimum atomic E-state index is -0.655. The average Bonchev–Trinajstić information content (AvgIpc) is 2.38. The van der Waals surface area contributed by atoms with Crippen LogP contribution in [0.5, 0.6) is 0 Å². The third kappa shape index (κ3) is 1.76. The molecule has 0 saturated carbocycles. The van der Waals surface area contributed by atoms with E-state index < -0.39 is 6.10 Å². The average molecular weight is 258 g/mol. The Morgan fingerprint density at radius 2 is 1.95 bits per heavy atom. The van der Waals surface area contributed by atoms with Gasteiger partial charge in [0.25, 0.3) is 0 Å². The fourth-order valence-corrected chi connectivity index (χ4v) is 3.76. The molecule has 5 atom stereocenters. The Kier molecular flexibility index (Phi) is 2.82. The third-order valence-electron chi connectivity index (χ3n) is 4.83. The fraction of sp³-hybridized carbons (Fsp3) is 0.500. The molecule has 0 fully saturated rings. The van der Waals surface area contributed by atoms with Gasteiger partial charge in [-0.25, -0.2) is 0 Å². The molecule has 3 aliphatic carbocycles. The monoisotopic (exact) mass is 258 g/mol. The smallest absolute Gasteiger partial charge is 0.162 e. The number of hydrogen-bond acceptors (Lipinski definition) is 3. The minimum absolute atomic E-state index is 0.0166. The zero-order valence-corrected chi connectivity index (χ0v) is 11.2. The van der Waals surface area contributed by atoms with Crippen molar-refractivity contribution < 1.29 is 14.7 Å². The van der Waals surface area contributed by atoms with E-state index in [2.05, 4.69) is 0 Å². The second kappa shape index (κ2) is 4.27. The Labute approximate surface area is 112 Å². The van der Waals surface area contributed by atoms with Crippen LogP contribution in [-0.2, 0) is 9.59 Å². The largest absolute Gasteiger partial charge is 0.388 e. The van der Waals surface area contributed by atoms with Crippen LogP contribution in [0, 0.1) is 23.7 Å². The SMILES string of the molecule is CC1=CC[C@H]2C(C)=C[C@H]3[C@@H](C(=O)C=C[C@@H]3O)[C@@H]2C1=O. The van der Waals surface area contributed by atoms with Gasteiger partial charge in [-0.3, -0.25) is 9.59 Å². The molecule has 1 N–H and O–H groups in total. The van der Waals surface area contributed by atoms with Crippen molar-refractivity contribution in [1.82, 2.24) is 0 Å². The molecule has 0 heterocycles. The summed E-state index contributed by atoms with van der Waals surface area (Å²) in [6.07, 6.45) is 7.13. The molecule has 0 bridgehead atoms. The maximum absolute atomic E-state index is 12.5. The third-order valence-corrected chi connectivity index (χ3v) is 4.83. The number of aliphatic hydroxyl groups excluding tert-OH is 1. The molecule has 0 radical (unpaired) electrons. The summed E-state index contributed by atoms with van der Waals surface area (Å²) in [6.45, 7) is 3.83. The lowest BCUT2D eigenvalue weighted by Gasteiger charge is -2.44. The summed E-state index contributed by atoms with van der Waals surface area (Å²) < 4.78 is 0. The summed E-state index contributed by atoms with van der Waals surface area (Å²) in [6, 6.07) is 0. The highest BCUT2D eigenvalue weighted by atomic mass is 16.3. The number of fused-ring (bicyclic) bond motifs is 3. The summed E-state index contributed by atoms with van der Waals surface area (Å²) in [5.74, 6) is -0.725. The first-order valence-corrected chi connectivity index (χ1v) is 6.80. The van der Waals surface area contributed by atoms with Gasteiger partial charge in [0.1, 0.15) is 0 Å². The fourth-order valence-electron chi connectivity index (χ4n) is 3.76. The lowest BCUT2D eigenvalue weighted by atomic mass is 9.58. The molecule has 0 aromatic carbocycles. The first-order valence-electron chi connectivity index (χ1n) is 6.80. The van der Waals surface area contributed by atoms with Gasteiger partial charge in [-0.1, -0.05) is 23.8 Å². The van der Waals surface area contributed by atoms with Crippen LogP contribution in [0.4, 0.5) is 0 Å². The predicted molar refractivity (Wildman–Crippen MR) is 71.3 cm³/mol. The standard InChI is InChI=1S/C16H18O3/c1-8-3-4-10-9(2)7-11-12(17)5-6-13(18)14(11)15(10)16(8)19/h3,5-7,10-12,14-15,17H,4H2,1-2H3/t10-,11+,12-,14-,15+/m0/s1. The molecular formula is C16H18O3. The van der Waals surface area contributed by atoms with Crippen LogP contribution in [-0.4, -0.2) is 22.8 Å². The summed E-state index contributed by atoms with van der Waals surface area (Å²) in [4.78, 5) is 24.6. The normalized spacial score (nSPS) is 41.3. The molecule has 3 aliphatic rings. The van der Waals surface area contributed by atoms with E-state index in [4.69, 9.17) is 0 Å². The first kappa shape index (κ1) is 12.5. The van der Waals surface area contributed by atoms with Gasteiger partial charge < -0.3 is 5.11 Å². The number of ketones is 2. The molecule has 0 aromatic rings. The highest BCUT2D eigenvalue weighted by Gasteiger charge is 2.49. The van der Waals surface area contributed by atoms with E-state index in [1.54, 1.807) is 6.08 Å². The van der Waals surface area contributed by atoms with Crippen molar-refractivity contribution in [2.24, 2.45) is 23.7 Å². The number of hydrogen-bond donors (Lipinski definition) is 1. The molecule has 0 aliphatic heterocycles. The number of aliphatic hydroxyl groups is 1. The number of allylic oxidation sites excluding steroid dienone is 4. The van der Waals surface area contributed by atoms with E-state index in [0.29, 0.717) is 0 Å². The van der Waals surface area contributed by atoms with Gasteiger partial charge in [0.15, 0.2) is 11.6 Å². The minimum Gasteiger partial charge on any atom is -0.388 e. The number of rotatable bonds is 0. The van der Waals surface area contributed by atoms with E-state index in [1.165, 1.54) is 6.08 Å². The van der Waals surface area contributed by atoms with Crippen LogP contribution in [0.3, 0.4) is 0 Å². The number of Topliss-reactive ketones (excluding diaryl/α,β-unsaturated/α-hetero) is 1. The Balaban J connectivity index is 2.11. The van der Waals surface area contributed by atoms with Crippen molar-refractivity contribution in [3.63, 3.8) is 0 Å². The van der Waals surface area contributed by atoms with Crippen LogP contribution >= 0.6 is 0 Å². The van der Waals surface area contributed by atoms with E-state index in [9.17, 15) is 14.7 Å². The van der Waals surface area contributed by atoms with Crippen LogP contribution in [0.25, 0.3) is 0 Å². The van der Waals surface area contributed by atoms with Crippen molar-refractivity contribution in [3.8, 4) is 0 Å². The van der Waals surface area contributed by atoms with Gasteiger partial charge >= 0.3 is 0 Å². The maximum atomic E-state index is 12.5. The van der Waals surface area contributed by atoms with Crippen molar-refractivity contribution in [2.75, 3.05) is 0 Å². The second-order valence-corrected chi connectivity index (χ2v) is 5.89. The summed E-state index contributed by atoms with van der Waals surface area (Å²) >= 11 is 0. The summed E-state index contributed by atoms with van der Waals surface area (Å²) in [7, 11) is 0. The molecule has 0 saturated heterocycles. The molecule has 0 unspecified atom stereocenters. The Morgan fingerprint density at radius 3 is 2.68 bits per heavy atom. The second-order valence-electron chi connectivity index (χ2n) is 5.89. The molecule has 3 nitrogen and oxygen atoms in total. The van der Waals surface area contributed by atoms with Gasteiger partial charge in [0.05, 0.1) is 6.10 Å². The molecule has 3 rings (SSSR count). The predicted octanol–water partition coefficient (Wildman–Crippen LogP) is 1.83. The van der Waals surface area contributed by atoms with Gasteiger partial charge in [-0.05, 0) is 37.8 Å². The molecule has 0 aromatic heterocycles. The molecule has 100 valence electrons. The zero-order valence-electron chi connectivity index (χ0n) is 11.2. The number of carbonyl (C=O) groups is 2. The van der Waals surface area contributed by atoms with E-state index >= 15 is 0 Å². The van der Waals surface area contributed by atoms with Crippen molar-refractivity contribution in [2.45, 2.75) is 26.4 Å². The van der Waals surface area contributed by atoms with E-state index in [0.717, 1.165) is 17.6 Å². The Bertz CT molecular complexity index is 538. The van der Waals surface area contributed by atoms with Crippen molar-refractivity contribution in [1.29, 1.82) is 0 Å². The Morgan fingerprint density at radius 1 is 1.21 bits per heavy atom. The van der Waals surface area contributed by atoms with Crippen LogP contribution in [0.2, 0.25) is 0 Å². The number of carbonyl (C=O) groups excluding carboxylic acids is 2. The van der Waals surface area contributed by atoms with Gasteiger partial charge in [-0.15, -0.1) is 0 Å². The molecule has 0 spiro atoms. The van der Waals surface area contributed by atoms with Crippen LogP contribution in [0.15, 0.2) is 35.5 Å². The lowest BCUT2D eigenvalue weighted by molar-refractivity contribution is -0.134. The first-order chi connectivity index (χ1) is 9.00.